The van der Waals surface area contributed by atoms with Gasteiger partial charge in [-0.2, -0.15) is 0 Å². The minimum atomic E-state index is -0.632. The summed E-state index contributed by atoms with van der Waals surface area (Å²) in [6.45, 7) is 3.14. The first kappa shape index (κ1) is 19.1. The Hall–Kier alpha value is -2.21. The van der Waals surface area contributed by atoms with E-state index in [0.717, 1.165) is 17.5 Å². The van der Waals surface area contributed by atoms with E-state index in [1.807, 2.05) is 65.6 Å². The van der Waals surface area contributed by atoms with Crippen LogP contribution in [0.25, 0.3) is 0 Å². The number of amides is 1. The fourth-order valence-corrected chi connectivity index (χ4v) is 4.38. The van der Waals surface area contributed by atoms with Gasteiger partial charge in [0.2, 0.25) is 5.91 Å². The Morgan fingerprint density at radius 3 is 2.25 bits per heavy atom. The quantitative estimate of drug-likeness (QED) is 0.715. The summed E-state index contributed by atoms with van der Waals surface area (Å²) in [6.07, 6.45) is 0.0224. The third-order valence-corrected chi connectivity index (χ3v) is 5.80. The van der Waals surface area contributed by atoms with Crippen LogP contribution in [0.15, 0.2) is 60.7 Å². The molecule has 0 saturated carbocycles. The summed E-state index contributed by atoms with van der Waals surface area (Å²) >= 11 is 0. The molecule has 2 aliphatic rings. The number of hydrogen-bond acceptors (Lipinski definition) is 4. The first-order valence-corrected chi connectivity index (χ1v) is 9.92. The van der Waals surface area contributed by atoms with Crippen LogP contribution in [0.5, 0.6) is 0 Å². The lowest BCUT2D eigenvalue weighted by Gasteiger charge is -2.46. The third kappa shape index (κ3) is 3.83. The number of fused-ring (bicyclic) bond motifs is 1. The number of carbonyl (C=O) groups excluding carboxylic acids is 1. The molecule has 0 aliphatic carbocycles. The number of nitrogens with zero attached hydrogens (tertiary/aromatic N) is 1. The maximum absolute atomic E-state index is 12.6. The van der Waals surface area contributed by atoms with E-state index >= 15 is 0 Å². The summed E-state index contributed by atoms with van der Waals surface area (Å²) in [7, 11) is 0. The average molecular weight is 381 g/mol. The summed E-state index contributed by atoms with van der Waals surface area (Å²) in [4.78, 5) is 14.5. The highest BCUT2D eigenvalue weighted by Gasteiger charge is 2.59. The minimum Gasteiger partial charge on any atom is -0.393 e. The Kier molecular flexibility index (Phi) is 5.76. The lowest BCUT2D eigenvalue weighted by atomic mass is 9.84. The zero-order valence-corrected chi connectivity index (χ0v) is 16.1. The van der Waals surface area contributed by atoms with Crippen molar-refractivity contribution in [3.8, 4) is 0 Å². The van der Waals surface area contributed by atoms with Crippen LogP contribution in [0.1, 0.15) is 24.5 Å². The molecule has 2 heterocycles. The molecule has 0 radical (unpaired) electrons. The van der Waals surface area contributed by atoms with Gasteiger partial charge in [0.05, 0.1) is 44.0 Å². The van der Waals surface area contributed by atoms with E-state index in [-0.39, 0.29) is 30.0 Å². The van der Waals surface area contributed by atoms with E-state index in [1.165, 1.54) is 0 Å². The van der Waals surface area contributed by atoms with Crippen LogP contribution in [0.3, 0.4) is 0 Å². The molecule has 5 heteroatoms. The van der Waals surface area contributed by atoms with Crippen molar-refractivity contribution in [2.45, 2.75) is 50.8 Å². The second-order valence-electron chi connectivity index (χ2n) is 7.72. The molecule has 0 unspecified atom stereocenters. The summed E-state index contributed by atoms with van der Waals surface area (Å²) in [5, 5.41) is 9.98. The number of β-lactam (4-membered cyclic amide) rings is 1. The molecule has 1 amide bonds. The number of rotatable bonds is 8. The fraction of sp³-hybridized carbons (Fsp3) is 0.435. The van der Waals surface area contributed by atoms with Crippen LogP contribution in [0.2, 0.25) is 0 Å². The second-order valence-corrected chi connectivity index (χ2v) is 7.72. The SMILES string of the molecule is C[C@@H](O)[C@H]1C(=O)N2[C@@H]1C[C@H](OCc1ccccc1)[C@@H]2COCc1ccccc1. The molecule has 2 aromatic carbocycles. The van der Waals surface area contributed by atoms with Crippen LogP contribution in [-0.2, 0) is 27.5 Å². The first-order chi connectivity index (χ1) is 13.6. The molecule has 1 N–H and O–H groups in total. The Balaban J connectivity index is 1.41. The molecule has 2 aromatic rings. The largest absolute Gasteiger partial charge is 0.393 e. The van der Waals surface area contributed by atoms with Gasteiger partial charge in [-0.3, -0.25) is 4.79 Å². The zero-order chi connectivity index (χ0) is 19.5. The number of ether oxygens (including phenoxy) is 2. The lowest BCUT2D eigenvalue weighted by molar-refractivity contribution is -0.166. The van der Waals surface area contributed by atoms with E-state index in [4.69, 9.17) is 9.47 Å². The normalized spacial score (nSPS) is 27.4. The Morgan fingerprint density at radius 2 is 1.64 bits per heavy atom. The molecule has 28 heavy (non-hydrogen) atoms. The van der Waals surface area contributed by atoms with Gasteiger partial charge in [0.15, 0.2) is 0 Å². The number of benzene rings is 2. The zero-order valence-electron chi connectivity index (χ0n) is 16.1. The smallest absolute Gasteiger partial charge is 0.231 e. The van der Waals surface area contributed by atoms with Crippen LogP contribution in [0, 0.1) is 5.92 Å². The summed E-state index contributed by atoms with van der Waals surface area (Å²) < 4.78 is 12.2. The van der Waals surface area contributed by atoms with Crippen molar-refractivity contribution in [1.82, 2.24) is 4.90 Å². The van der Waals surface area contributed by atoms with Crippen molar-refractivity contribution < 1.29 is 19.4 Å². The predicted octanol–water partition coefficient (Wildman–Crippen LogP) is 2.77. The Labute approximate surface area is 165 Å². The highest BCUT2D eigenvalue weighted by molar-refractivity contribution is 5.87. The lowest BCUT2D eigenvalue weighted by Crippen LogP contribution is -2.64. The molecule has 2 aliphatic heterocycles. The van der Waals surface area contributed by atoms with Gasteiger partial charge in [0, 0.05) is 6.04 Å². The monoisotopic (exact) mass is 381 g/mol. The standard InChI is InChI=1S/C23H27NO4/c1-16(25)22-19-12-21(28-14-18-10-6-3-7-11-18)20(24(19)23(22)26)15-27-13-17-8-4-2-5-9-17/h2-11,16,19-22,25H,12-15H2,1H3/t16-,19-,20+,21+,22-/m1/s1. The molecule has 2 saturated heterocycles. The van der Waals surface area contributed by atoms with Crippen LogP contribution in [0.4, 0.5) is 0 Å². The maximum Gasteiger partial charge on any atom is 0.231 e. The van der Waals surface area contributed by atoms with Gasteiger partial charge in [-0.1, -0.05) is 60.7 Å². The molecular weight excluding hydrogens is 354 g/mol. The summed E-state index contributed by atoms with van der Waals surface area (Å²) in [6, 6.07) is 20.0. The molecule has 0 aromatic heterocycles. The van der Waals surface area contributed by atoms with E-state index in [0.29, 0.717) is 19.8 Å². The minimum absolute atomic E-state index is 0.0131. The third-order valence-electron chi connectivity index (χ3n) is 5.80. The predicted molar refractivity (Wildman–Crippen MR) is 105 cm³/mol. The van der Waals surface area contributed by atoms with Crippen molar-refractivity contribution in [3.63, 3.8) is 0 Å². The maximum atomic E-state index is 12.6. The summed E-state index contributed by atoms with van der Waals surface area (Å²) in [5.74, 6) is -0.305. The molecule has 148 valence electrons. The van der Waals surface area contributed by atoms with Gasteiger partial charge in [0.1, 0.15) is 0 Å². The fourth-order valence-electron chi connectivity index (χ4n) is 4.38. The van der Waals surface area contributed by atoms with Crippen LogP contribution >= 0.6 is 0 Å². The molecule has 2 fully saturated rings. The number of hydrogen-bond donors (Lipinski definition) is 1. The van der Waals surface area contributed by atoms with E-state index in [2.05, 4.69) is 0 Å². The first-order valence-electron chi connectivity index (χ1n) is 9.92. The van der Waals surface area contributed by atoms with Crippen LogP contribution < -0.4 is 0 Å². The molecule has 4 rings (SSSR count). The van der Waals surface area contributed by atoms with E-state index in [1.54, 1.807) is 6.92 Å². The molecule has 0 spiro atoms. The highest BCUT2D eigenvalue weighted by atomic mass is 16.5. The van der Waals surface area contributed by atoms with Gasteiger partial charge in [-0.25, -0.2) is 0 Å². The molecule has 5 atom stereocenters. The topological polar surface area (TPSA) is 59.0 Å². The average Bonchev–Trinajstić information content (AvgIpc) is 3.01. The van der Waals surface area contributed by atoms with Gasteiger partial charge < -0.3 is 19.5 Å². The second kappa shape index (κ2) is 8.43. The molecule has 5 nitrogen and oxygen atoms in total. The molecular formula is C23H27NO4. The van der Waals surface area contributed by atoms with Gasteiger partial charge >= 0.3 is 0 Å². The van der Waals surface area contributed by atoms with Gasteiger partial charge in [-0.15, -0.1) is 0 Å². The van der Waals surface area contributed by atoms with Crippen molar-refractivity contribution in [1.29, 1.82) is 0 Å². The van der Waals surface area contributed by atoms with Crippen molar-refractivity contribution >= 4 is 5.91 Å². The Morgan fingerprint density at radius 1 is 1.04 bits per heavy atom. The number of aliphatic hydroxyl groups excluding tert-OH is 1. The Bertz CT molecular complexity index is 780. The van der Waals surface area contributed by atoms with Gasteiger partial charge in [-0.05, 0) is 24.5 Å². The highest BCUT2D eigenvalue weighted by Crippen LogP contribution is 2.42. The van der Waals surface area contributed by atoms with Crippen LogP contribution in [-0.4, -0.2) is 46.8 Å². The van der Waals surface area contributed by atoms with Gasteiger partial charge in [0.25, 0.3) is 0 Å². The summed E-state index contributed by atoms with van der Waals surface area (Å²) in [5.41, 5.74) is 2.22. The van der Waals surface area contributed by atoms with Crippen molar-refractivity contribution in [2.24, 2.45) is 5.92 Å². The number of aliphatic hydroxyl groups is 1. The van der Waals surface area contributed by atoms with Crippen molar-refractivity contribution in [3.05, 3.63) is 71.8 Å². The van der Waals surface area contributed by atoms with E-state index < -0.39 is 6.10 Å². The number of carbonyl (C=O) groups is 1. The van der Waals surface area contributed by atoms with Crippen molar-refractivity contribution in [2.75, 3.05) is 6.61 Å². The molecule has 0 bridgehead atoms. The van der Waals surface area contributed by atoms with E-state index in [9.17, 15) is 9.90 Å².